The second kappa shape index (κ2) is 49.0. The quantitative estimate of drug-likeness (QED) is 0.0264. The number of rotatable bonds is 40. The first kappa shape index (κ1) is 57.3. The highest BCUT2D eigenvalue weighted by atomic mass is 16.6. The molecule has 6 heteroatoms. The number of carbonyl (C=O) groups excluding carboxylic acids is 3. The highest BCUT2D eigenvalue weighted by Crippen LogP contribution is 2.13. The van der Waals surface area contributed by atoms with Crippen LogP contribution in [0.4, 0.5) is 0 Å². The van der Waals surface area contributed by atoms with E-state index in [1.807, 2.05) is 128 Å². The van der Waals surface area contributed by atoms with E-state index >= 15 is 0 Å². The van der Waals surface area contributed by atoms with Crippen LogP contribution >= 0.6 is 0 Å². The number of hydrogen-bond acceptors (Lipinski definition) is 6. The lowest BCUT2D eigenvalue weighted by Crippen LogP contribution is -2.30. The molecule has 0 amide bonds. The highest BCUT2D eigenvalue weighted by Gasteiger charge is 2.19. The molecular formula is C56H84O6. The number of carbonyl (C=O) groups is 3. The molecule has 0 aromatic rings. The third-order valence-electron chi connectivity index (χ3n) is 9.41. The van der Waals surface area contributed by atoms with Crippen LogP contribution in [0.1, 0.15) is 168 Å². The first-order valence-corrected chi connectivity index (χ1v) is 24.0. The molecule has 6 nitrogen and oxygen atoms in total. The van der Waals surface area contributed by atoms with Crippen LogP contribution in [0.5, 0.6) is 0 Å². The van der Waals surface area contributed by atoms with Gasteiger partial charge in [-0.1, -0.05) is 244 Å². The number of esters is 3. The van der Waals surface area contributed by atoms with Gasteiger partial charge in [0.05, 0.1) is 0 Å². The van der Waals surface area contributed by atoms with Gasteiger partial charge in [-0.15, -0.1) is 0 Å². The summed E-state index contributed by atoms with van der Waals surface area (Å²) < 4.78 is 16.6. The van der Waals surface area contributed by atoms with Crippen molar-refractivity contribution >= 4 is 17.9 Å². The summed E-state index contributed by atoms with van der Waals surface area (Å²) in [6.07, 6.45) is 69.7. The van der Waals surface area contributed by atoms with E-state index in [1.54, 1.807) is 0 Å². The van der Waals surface area contributed by atoms with E-state index in [2.05, 4.69) is 39.0 Å². The molecule has 344 valence electrons. The van der Waals surface area contributed by atoms with Crippen LogP contribution in [0, 0.1) is 0 Å². The minimum atomic E-state index is -0.838. The van der Waals surface area contributed by atoms with Gasteiger partial charge >= 0.3 is 17.9 Å². The van der Waals surface area contributed by atoms with Crippen molar-refractivity contribution in [1.29, 1.82) is 0 Å². The molecule has 0 aromatic heterocycles. The molecular weight excluding hydrogens is 769 g/mol. The summed E-state index contributed by atoms with van der Waals surface area (Å²) >= 11 is 0. The Bertz CT molecular complexity index is 1440. The Hall–Kier alpha value is -4.71. The second-order valence-corrected chi connectivity index (χ2v) is 15.2. The summed E-state index contributed by atoms with van der Waals surface area (Å²) in [5.41, 5.74) is 0. The van der Waals surface area contributed by atoms with Gasteiger partial charge in [-0.25, -0.2) is 0 Å². The summed E-state index contributed by atoms with van der Waals surface area (Å²) in [6.45, 7) is 6.21. The van der Waals surface area contributed by atoms with E-state index in [-0.39, 0.29) is 38.0 Å². The Morgan fingerprint density at radius 3 is 1.03 bits per heavy atom. The Kier molecular flexibility index (Phi) is 45.2. The molecule has 0 aromatic carbocycles. The van der Waals surface area contributed by atoms with Gasteiger partial charge in [0.1, 0.15) is 13.2 Å². The van der Waals surface area contributed by atoms with Gasteiger partial charge in [0, 0.05) is 19.3 Å². The fourth-order valence-electron chi connectivity index (χ4n) is 5.87. The molecule has 62 heavy (non-hydrogen) atoms. The average molecular weight is 853 g/mol. The largest absolute Gasteiger partial charge is 0.462 e. The summed E-state index contributed by atoms with van der Waals surface area (Å²) in [7, 11) is 0. The van der Waals surface area contributed by atoms with Gasteiger partial charge in [0.15, 0.2) is 6.10 Å². The van der Waals surface area contributed by atoms with Crippen molar-refractivity contribution in [3.8, 4) is 0 Å². The zero-order valence-electron chi connectivity index (χ0n) is 39.1. The molecule has 0 bridgehead atoms. The fraction of sp³-hybridized carbons (Fsp3) is 0.518. The van der Waals surface area contributed by atoms with E-state index in [0.717, 1.165) is 57.8 Å². The first-order valence-electron chi connectivity index (χ1n) is 24.0. The molecule has 0 heterocycles. The van der Waals surface area contributed by atoms with Crippen molar-refractivity contribution in [2.45, 2.75) is 175 Å². The normalized spacial score (nSPS) is 13.4. The SMILES string of the molecule is CC\C=C/C=C\C=C/C=C\C=C/CCCC(=O)OC(COC(=O)CCCCC\C=C/C=C\C=C\C=C/C=C\C=C/C=C\CC)COC(=O)CCCCCCCCCCCCCC. The molecule has 0 saturated heterocycles. The van der Waals surface area contributed by atoms with Crippen LogP contribution < -0.4 is 0 Å². The van der Waals surface area contributed by atoms with Gasteiger partial charge in [-0.05, 0) is 51.4 Å². The van der Waals surface area contributed by atoms with Crippen LogP contribution in [0.3, 0.4) is 0 Å². The van der Waals surface area contributed by atoms with Crippen molar-refractivity contribution < 1.29 is 28.6 Å². The standard InChI is InChI=1S/C56H84O6/c1-4-7-10-13-16-19-22-25-26-27-28-29-30-32-34-37-40-43-46-49-55(58)61-52-53(51-60-54(57)48-45-42-39-36-33-24-21-18-15-12-9-6-3)62-56(59)50-47-44-41-38-35-31-23-20-17-14-11-8-5-2/h7-8,10-11,13-14,16-17,19-20,22-23,25-32,34-35,38,41,53H,4-6,9,12,15,18,21,24,33,36-37,39-40,42-52H2,1-3H3/b10-7-,11-8-,16-13-,17-14-,22-19-,23-20-,26-25-,28-27+,30-29-,34-32-,35-31-,41-38-. The lowest BCUT2D eigenvalue weighted by Gasteiger charge is -2.18. The van der Waals surface area contributed by atoms with Crippen molar-refractivity contribution in [3.05, 3.63) is 146 Å². The first-order chi connectivity index (χ1) is 30.5. The zero-order valence-corrected chi connectivity index (χ0v) is 39.1. The Morgan fingerprint density at radius 2 is 0.645 bits per heavy atom. The number of ether oxygens (including phenoxy) is 3. The van der Waals surface area contributed by atoms with Crippen LogP contribution in [-0.2, 0) is 28.6 Å². The average Bonchev–Trinajstić information content (AvgIpc) is 3.27. The molecule has 1 unspecified atom stereocenters. The van der Waals surface area contributed by atoms with Crippen LogP contribution in [0.2, 0.25) is 0 Å². The van der Waals surface area contributed by atoms with Gasteiger partial charge < -0.3 is 14.2 Å². The molecule has 0 N–H and O–H groups in total. The van der Waals surface area contributed by atoms with Gasteiger partial charge in [0.25, 0.3) is 0 Å². The Morgan fingerprint density at radius 1 is 0.339 bits per heavy atom. The fourth-order valence-corrected chi connectivity index (χ4v) is 5.87. The van der Waals surface area contributed by atoms with Crippen molar-refractivity contribution in [2.75, 3.05) is 13.2 Å². The van der Waals surface area contributed by atoms with Crippen LogP contribution in [-0.4, -0.2) is 37.2 Å². The van der Waals surface area contributed by atoms with Crippen LogP contribution in [0.15, 0.2) is 146 Å². The summed E-state index contributed by atoms with van der Waals surface area (Å²) in [4.78, 5) is 37.8. The van der Waals surface area contributed by atoms with Gasteiger partial charge in [0.2, 0.25) is 0 Å². The maximum Gasteiger partial charge on any atom is 0.306 e. The molecule has 0 fully saturated rings. The Balaban J connectivity index is 4.61. The highest BCUT2D eigenvalue weighted by molar-refractivity contribution is 5.71. The lowest BCUT2D eigenvalue weighted by molar-refractivity contribution is -0.167. The second-order valence-electron chi connectivity index (χ2n) is 15.2. The Labute approximate surface area is 378 Å². The number of unbranched alkanes of at least 4 members (excludes halogenated alkanes) is 15. The molecule has 0 spiro atoms. The topological polar surface area (TPSA) is 78.9 Å². The monoisotopic (exact) mass is 853 g/mol. The number of allylic oxidation sites excluding steroid dienone is 24. The third-order valence-corrected chi connectivity index (χ3v) is 9.41. The van der Waals surface area contributed by atoms with Crippen molar-refractivity contribution in [2.24, 2.45) is 0 Å². The summed E-state index contributed by atoms with van der Waals surface area (Å²) in [6, 6.07) is 0. The maximum absolute atomic E-state index is 12.7. The van der Waals surface area contributed by atoms with Crippen LogP contribution in [0.25, 0.3) is 0 Å². The minimum absolute atomic E-state index is 0.127. The summed E-state index contributed by atoms with van der Waals surface area (Å²) in [5, 5.41) is 0. The maximum atomic E-state index is 12.7. The zero-order chi connectivity index (χ0) is 45.1. The van der Waals surface area contributed by atoms with E-state index in [9.17, 15) is 14.4 Å². The molecule has 0 rings (SSSR count). The molecule has 0 aliphatic rings. The van der Waals surface area contributed by atoms with E-state index in [4.69, 9.17) is 14.2 Å². The predicted octanol–water partition coefficient (Wildman–Crippen LogP) is 15.7. The lowest BCUT2D eigenvalue weighted by atomic mass is 10.0. The molecule has 1 atom stereocenters. The number of hydrogen-bond donors (Lipinski definition) is 0. The molecule has 0 aliphatic carbocycles. The van der Waals surface area contributed by atoms with E-state index in [0.29, 0.717) is 19.3 Å². The van der Waals surface area contributed by atoms with E-state index < -0.39 is 12.1 Å². The molecule has 0 aliphatic heterocycles. The summed E-state index contributed by atoms with van der Waals surface area (Å²) in [5.74, 6) is -1.06. The molecule has 0 radical (unpaired) electrons. The van der Waals surface area contributed by atoms with Gasteiger partial charge in [-0.3, -0.25) is 14.4 Å². The van der Waals surface area contributed by atoms with Crippen molar-refractivity contribution in [3.63, 3.8) is 0 Å². The predicted molar refractivity (Wildman–Crippen MR) is 265 cm³/mol. The molecule has 0 saturated carbocycles. The van der Waals surface area contributed by atoms with Crippen molar-refractivity contribution in [1.82, 2.24) is 0 Å². The van der Waals surface area contributed by atoms with Gasteiger partial charge in [-0.2, -0.15) is 0 Å². The van der Waals surface area contributed by atoms with E-state index in [1.165, 1.54) is 57.8 Å². The minimum Gasteiger partial charge on any atom is -0.462 e. The smallest absolute Gasteiger partial charge is 0.306 e. The third kappa shape index (κ3) is 46.4.